The van der Waals surface area contributed by atoms with Gasteiger partial charge in [-0.3, -0.25) is 13.6 Å². The molecule has 0 aromatic heterocycles. The number of carbonyl (C=O) groups is 1. The monoisotopic (exact) mass is 467 g/mol. The van der Waals surface area contributed by atoms with Gasteiger partial charge in [0.25, 0.3) is 5.91 Å². The maximum absolute atomic E-state index is 13.2. The minimum Gasteiger partial charge on any atom is -0.314 e. The highest BCUT2D eigenvalue weighted by atomic mass is 79.9. The first-order valence-electron chi connectivity index (χ1n) is 11.3. The van der Waals surface area contributed by atoms with Crippen LogP contribution in [0.15, 0.2) is 48.5 Å². The van der Waals surface area contributed by atoms with Gasteiger partial charge in [-0.2, -0.15) is 0 Å². The lowest BCUT2D eigenvalue weighted by Crippen LogP contribution is -2.54. The Balaban J connectivity index is 1.35. The molecule has 5 rings (SSSR count). The molecule has 0 spiro atoms. The number of carbonyl (C=O) groups excluding carboxylic acids is 1. The lowest BCUT2D eigenvalue weighted by molar-refractivity contribution is 0.0551. The van der Waals surface area contributed by atoms with E-state index in [2.05, 4.69) is 50.6 Å². The molecule has 2 aromatic carbocycles. The fraction of sp³-hybridized carbons (Fsp3) is 0.480. The van der Waals surface area contributed by atoms with Crippen LogP contribution in [0.1, 0.15) is 65.3 Å². The molecule has 2 aromatic rings. The Bertz CT molecular complexity index is 918. The van der Waals surface area contributed by atoms with E-state index in [4.69, 9.17) is 0 Å². The highest BCUT2D eigenvalue weighted by Crippen LogP contribution is 2.41. The second kappa shape index (κ2) is 8.45. The average molecular weight is 468 g/mol. The van der Waals surface area contributed by atoms with Crippen molar-refractivity contribution in [2.45, 2.75) is 50.7 Å². The van der Waals surface area contributed by atoms with E-state index in [1.54, 1.807) is 3.93 Å². The van der Waals surface area contributed by atoms with Gasteiger partial charge in [-0.15, -0.1) is 0 Å². The van der Waals surface area contributed by atoms with Crippen molar-refractivity contribution in [3.63, 3.8) is 0 Å². The van der Waals surface area contributed by atoms with Gasteiger partial charge in [0.1, 0.15) is 0 Å². The number of rotatable bonds is 3. The summed E-state index contributed by atoms with van der Waals surface area (Å²) in [5.74, 6) is 0.827. The van der Waals surface area contributed by atoms with Gasteiger partial charge in [0, 0.05) is 30.7 Å². The van der Waals surface area contributed by atoms with Crippen LogP contribution in [-0.2, 0) is 6.42 Å². The van der Waals surface area contributed by atoms with Crippen LogP contribution in [0.4, 0.5) is 0 Å². The predicted molar refractivity (Wildman–Crippen MR) is 124 cm³/mol. The minimum absolute atomic E-state index is 0.0224. The van der Waals surface area contributed by atoms with Crippen LogP contribution in [0.25, 0.3) is 0 Å². The second-order valence-corrected chi connectivity index (χ2v) is 9.84. The molecular weight excluding hydrogens is 438 g/mol. The molecule has 2 fully saturated rings. The van der Waals surface area contributed by atoms with Crippen molar-refractivity contribution in [2.75, 3.05) is 19.6 Å². The van der Waals surface area contributed by atoms with Crippen LogP contribution in [0.2, 0.25) is 0 Å². The van der Waals surface area contributed by atoms with E-state index in [9.17, 15) is 4.79 Å². The largest absolute Gasteiger partial charge is 0.314 e. The number of nitrogens with zero attached hydrogens (tertiary/aromatic N) is 2. The first-order valence-corrected chi connectivity index (χ1v) is 12.0. The summed E-state index contributed by atoms with van der Waals surface area (Å²) in [5, 5.41) is 3.76. The van der Waals surface area contributed by atoms with Crippen molar-refractivity contribution in [2.24, 2.45) is 5.92 Å². The summed E-state index contributed by atoms with van der Waals surface area (Å²) in [5.41, 5.74) is 4.67. The third-order valence-electron chi connectivity index (χ3n) is 7.35. The van der Waals surface area contributed by atoms with E-state index in [-0.39, 0.29) is 11.9 Å². The van der Waals surface area contributed by atoms with Gasteiger partial charge in [-0.05, 0) is 73.9 Å². The lowest BCUT2D eigenvalue weighted by Gasteiger charge is -2.49. The maximum atomic E-state index is 13.2. The number of benzene rings is 2. The Kier molecular flexibility index (Phi) is 5.69. The molecule has 4 nitrogen and oxygen atoms in total. The Morgan fingerprint density at radius 2 is 2.07 bits per heavy atom. The van der Waals surface area contributed by atoms with Crippen LogP contribution in [-0.4, -0.2) is 40.4 Å². The molecule has 4 atom stereocenters. The molecule has 3 aliphatic heterocycles. The zero-order valence-electron chi connectivity index (χ0n) is 17.6. The number of fused-ring (bicyclic) bond motifs is 4. The van der Waals surface area contributed by atoms with Gasteiger partial charge < -0.3 is 5.32 Å². The quantitative estimate of drug-likeness (QED) is 0.653. The van der Waals surface area contributed by atoms with Gasteiger partial charge in [0.2, 0.25) is 0 Å². The first-order chi connectivity index (χ1) is 14.6. The molecule has 0 radical (unpaired) electrons. The Hall–Kier alpha value is -1.69. The van der Waals surface area contributed by atoms with Crippen LogP contribution in [0.5, 0.6) is 0 Å². The standard InChI is InChI=1S/C25H30BrN3O/c1-17(18-6-3-2-4-7-18)29(26)25(30)20-9-10-22-19(14-20)11-13-28-16-21-8-5-12-27-23(21)15-24(22)28/h2-4,6-7,9-10,14,17,21,23-24,27H,5,8,11-13,15-16H2,1H3/t17-,21+,23-,24-/m1/s1. The number of hydrogen-bond acceptors (Lipinski definition) is 3. The van der Waals surface area contributed by atoms with E-state index in [0.717, 1.165) is 36.6 Å². The molecule has 1 N–H and O–H groups in total. The number of amides is 1. The van der Waals surface area contributed by atoms with Gasteiger partial charge >= 0.3 is 0 Å². The maximum Gasteiger partial charge on any atom is 0.264 e. The highest BCUT2D eigenvalue weighted by Gasteiger charge is 2.39. The zero-order valence-corrected chi connectivity index (χ0v) is 19.1. The van der Waals surface area contributed by atoms with E-state index >= 15 is 0 Å². The molecular formula is C25H30BrN3O. The molecule has 0 saturated carbocycles. The lowest BCUT2D eigenvalue weighted by atomic mass is 9.77. The molecule has 3 aliphatic rings. The first kappa shape index (κ1) is 20.2. The van der Waals surface area contributed by atoms with E-state index < -0.39 is 0 Å². The van der Waals surface area contributed by atoms with Crippen molar-refractivity contribution in [3.8, 4) is 0 Å². The summed E-state index contributed by atoms with van der Waals surface area (Å²) in [6.07, 6.45) is 4.91. The van der Waals surface area contributed by atoms with Gasteiger partial charge in [0.15, 0.2) is 0 Å². The predicted octanol–water partition coefficient (Wildman–Crippen LogP) is 4.87. The summed E-state index contributed by atoms with van der Waals surface area (Å²) >= 11 is 3.54. The van der Waals surface area contributed by atoms with Gasteiger partial charge in [-0.1, -0.05) is 36.4 Å². The third-order valence-corrected chi connectivity index (χ3v) is 8.28. The fourth-order valence-corrected chi connectivity index (χ4v) is 6.05. The Morgan fingerprint density at radius 3 is 2.90 bits per heavy atom. The molecule has 5 heteroatoms. The second-order valence-electron chi connectivity index (χ2n) is 9.08. The zero-order chi connectivity index (χ0) is 20.7. The molecule has 0 bridgehead atoms. The van der Waals surface area contributed by atoms with Crippen LogP contribution in [0, 0.1) is 5.92 Å². The fourth-order valence-electron chi connectivity index (χ4n) is 5.61. The molecule has 0 unspecified atom stereocenters. The van der Waals surface area contributed by atoms with E-state index in [1.165, 1.54) is 36.9 Å². The normalized spacial score (nSPS) is 26.8. The number of halogens is 1. The molecule has 3 heterocycles. The SMILES string of the molecule is C[C@H](c1ccccc1)N(Br)C(=O)c1ccc2c(c1)CCN1C[C@@H]3CCCN[C@@H]3C[C@H]21. The summed E-state index contributed by atoms with van der Waals surface area (Å²) in [6, 6.07) is 17.6. The number of nitrogens with one attached hydrogen (secondary N) is 1. The van der Waals surface area contributed by atoms with Crippen LogP contribution < -0.4 is 5.32 Å². The minimum atomic E-state index is -0.0297. The molecule has 30 heavy (non-hydrogen) atoms. The summed E-state index contributed by atoms with van der Waals surface area (Å²) in [6.45, 7) is 5.53. The third kappa shape index (κ3) is 3.72. The van der Waals surface area contributed by atoms with Crippen LogP contribution >= 0.6 is 16.1 Å². The van der Waals surface area contributed by atoms with Crippen molar-refractivity contribution >= 4 is 22.1 Å². The number of hydrogen-bond donors (Lipinski definition) is 1. The summed E-state index contributed by atoms with van der Waals surface area (Å²) < 4.78 is 1.68. The Labute approximate surface area is 188 Å². The molecule has 2 saturated heterocycles. The summed E-state index contributed by atoms with van der Waals surface area (Å²) in [7, 11) is 0. The smallest absolute Gasteiger partial charge is 0.264 e. The van der Waals surface area contributed by atoms with Crippen molar-refractivity contribution < 1.29 is 4.79 Å². The molecule has 1 amide bonds. The average Bonchev–Trinajstić information content (AvgIpc) is 2.81. The van der Waals surface area contributed by atoms with E-state index in [0.29, 0.717) is 12.1 Å². The molecule has 158 valence electrons. The van der Waals surface area contributed by atoms with Crippen LogP contribution in [0.3, 0.4) is 0 Å². The van der Waals surface area contributed by atoms with Crippen molar-refractivity contribution in [3.05, 3.63) is 70.8 Å². The van der Waals surface area contributed by atoms with E-state index in [1.807, 2.05) is 31.2 Å². The molecule has 0 aliphatic carbocycles. The highest BCUT2D eigenvalue weighted by molar-refractivity contribution is 9.07. The van der Waals surface area contributed by atoms with Gasteiger partial charge in [0.05, 0.1) is 22.2 Å². The number of piperidine rings is 2. The summed E-state index contributed by atoms with van der Waals surface area (Å²) in [4.78, 5) is 15.9. The van der Waals surface area contributed by atoms with Crippen molar-refractivity contribution in [1.82, 2.24) is 14.1 Å². The van der Waals surface area contributed by atoms with Gasteiger partial charge in [-0.25, -0.2) is 0 Å². The Morgan fingerprint density at radius 1 is 1.23 bits per heavy atom. The topological polar surface area (TPSA) is 35.6 Å². The van der Waals surface area contributed by atoms with Crippen molar-refractivity contribution in [1.29, 1.82) is 0 Å².